The number of hydrogen-bond donors (Lipinski definition) is 1. The van der Waals surface area contributed by atoms with Gasteiger partial charge in [-0.3, -0.25) is 4.57 Å². The van der Waals surface area contributed by atoms with Crippen molar-refractivity contribution in [2.24, 2.45) is 0 Å². The zero-order valence-electron chi connectivity index (χ0n) is 17.1. The van der Waals surface area contributed by atoms with E-state index in [4.69, 9.17) is 9.05 Å². The van der Waals surface area contributed by atoms with Crippen LogP contribution in [0.5, 0.6) is 0 Å². The minimum Gasteiger partial charge on any atom is -0.372 e. The predicted molar refractivity (Wildman–Crippen MR) is 116 cm³/mol. The number of anilines is 2. The number of hydrogen-bond acceptors (Lipinski definition) is 5. The monoisotopic (exact) mass is 420 g/mol. The van der Waals surface area contributed by atoms with Gasteiger partial charge in [-0.2, -0.15) is 0 Å². The maximum Gasteiger partial charge on any atom is 0.357 e. The molecule has 1 aliphatic rings. The Morgan fingerprint density at radius 1 is 1.00 bits per heavy atom. The van der Waals surface area contributed by atoms with Gasteiger partial charge < -0.3 is 19.3 Å². The molecule has 158 valence electrons. The molecule has 0 radical (unpaired) electrons. The molecule has 2 aromatic carbocycles. The summed E-state index contributed by atoms with van der Waals surface area (Å²) in [6, 6.07) is 14.2. The van der Waals surface area contributed by atoms with E-state index >= 15 is 0 Å². The topological polar surface area (TPSA) is 50.8 Å². The van der Waals surface area contributed by atoms with E-state index in [1.807, 2.05) is 24.3 Å². The highest BCUT2D eigenvalue weighted by atomic mass is 31.2. The van der Waals surface area contributed by atoms with Gasteiger partial charge >= 0.3 is 7.60 Å². The molecule has 0 saturated carbocycles. The molecule has 0 bridgehead atoms. The number of nitrogens with one attached hydrogen (secondary N) is 1. The fourth-order valence-electron chi connectivity index (χ4n) is 3.64. The lowest BCUT2D eigenvalue weighted by Crippen LogP contribution is -2.29. The molecule has 1 aliphatic heterocycles. The van der Waals surface area contributed by atoms with Gasteiger partial charge in [-0.15, -0.1) is 0 Å². The largest absolute Gasteiger partial charge is 0.372 e. The minimum absolute atomic E-state index is 0.235. The van der Waals surface area contributed by atoms with Crippen LogP contribution in [0, 0.1) is 5.82 Å². The van der Waals surface area contributed by atoms with Gasteiger partial charge in [0.05, 0.1) is 18.9 Å². The van der Waals surface area contributed by atoms with Crippen molar-refractivity contribution in [3.05, 3.63) is 59.9 Å². The third kappa shape index (κ3) is 5.39. The van der Waals surface area contributed by atoms with Crippen molar-refractivity contribution in [3.8, 4) is 0 Å². The first kappa shape index (κ1) is 21.8. The standard InChI is InChI=1S/C22H30FN2O3P/c1-3-27-29(26,28-4-2)22(24-21-11-7-6-10-20(21)23)18-12-14-19(15-13-18)25-16-8-5-9-17-25/h6-7,10-15,22,24H,3-5,8-9,16-17H2,1-2H3. The second kappa shape index (κ2) is 10.2. The summed E-state index contributed by atoms with van der Waals surface area (Å²) in [5, 5.41) is 3.07. The lowest BCUT2D eigenvalue weighted by Gasteiger charge is -2.30. The molecule has 1 N–H and O–H groups in total. The molecule has 0 amide bonds. The molecular weight excluding hydrogens is 390 g/mol. The van der Waals surface area contributed by atoms with E-state index in [9.17, 15) is 8.96 Å². The van der Waals surface area contributed by atoms with Gasteiger partial charge in [0.1, 0.15) is 5.82 Å². The second-order valence-electron chi connectivity index (χ2n) is 7.04. The van der Waals surface area contributed by atoms with Gasteiger partial charge in [0.15, 0.2) is 5.78 Å². The lowest BCUT2D eigenvalue weighted by atomic mass is 10.1. The minimum atomic E-state index is -3.58. The van der Waals surface area contributed by atoms with Crippen LogP contribution in [0.1, 0.15) is 44.5 Å². The molecule has 2 aromatic rings. The summed E-state index contributed by atoms with van der Waals surface area (Å²) in [5.41, 5.74) is 2.14. The summed E-state index contributed by atoms with van der Waals surface area (Å²) in [5.74, 6) is -1.23. The molecule has 3 rings (SSSR count). The zero-order chi connectivity index (χ0) is 20.7. The molecule has 1 unspecified atom stereocenters. The summed E-state index contributed by atoms with van der Waals surface area (Å²) in [6.07, 6.45) is 3.67. The third-order valence-electron chi connectivity index (χ3n) is 5.03. The molecule has 0 aromatic heterocycles. The molecule has 1 fully saturated rings. The Bertz CT molecular complexity index is 815. The first-order valence-corrected chi connectivity index (χ1v) is 11.9. The van der Waals surface area contributed by atoms with Crippen LogP contribution >= 0.6 is 7.60 Å². The smallest absolute Gasteiger partial charge is 0.357 e. The van der Waals surface area contributed by atoms with Crippen LogP contribution in [-0.4, -0.2) is 26.3 Å². The van der Waals surface area contributed by atoms with Crippen molar-refractivity contribution < 1.29 is 18.0 Å². The van der Waals surface area contributed by atoms with Crippen LogP contribution in [0.2, 0.25) is 0 Å². The van der Waals surface area contributed by atoms with Crippen molar-refractivity contribution in [2.75, 3.05) is 36.5 Å². The van der Waals surface area contributed by atoms with Gasteiger partial charge in [0, 0.05) is 18.8 Å². The van der Waals surface area contributed by atoms with E-state index in [1.165, 1.54) is 25.3 Å². The summed E-state index contributed by atoms with van der Waals surface area (Å²) in [7, 11) is -3.58. The Kier molecular flexibility index (Phi) is 7.70. The van der Waals surface area contributed by atoms with Crippen molar-refractivity contribution >= 4 is 19.0 Å². The number of para-hydroxylation sites is 1. The number of piperidine rings is 1. The molecule has 0 aliphatic carbocycles. The fourth-order valence-corrected chi connectivity index (χ4v) is 5.56. The Hall–Kier alpha value is -1.88. The summed E-state index contributed by atoms with van der Waals surface area (Å²) >= 11 is 0. The Morgan fingerprint density at radius 2 is 1.62 bits per heavy atom. The van der Waals surface area contributed by atoms with E-state index in [1.54, 1.807) is 32.0 Å². The quantitative estimate of drug-likeness (QED) is 0.490. The molecule has 7 heteroatoms. The summed E-state index contributed by atoms with van der Waals surface area (Å²) in [6.45, 7) is 6.10. The molecule has 29 heavy (non-hydrogen) atoms. The van der Waals surface area contributed by atoms with Crippen molar-refractivity contribution in [1.29, 1.82) is 0 Å². The number of benzene rings is 2. The van der Waals surface area contributed by atoms with Crippen molar-refractivity contribution in [2.45, 2.75) is 38.9 Å². The number of halogens is 1. The molecular formula is C22H30FN2O3P. The van der Waals surface area contributed by atoms with Gasteiger partial charge in [-0.1, -0.05) is 24.3 Å². The van der Waals surface area contributed by atoms with Crippen LogP contribution in [0.25, 0.3) is 0 Å². The van der Waals surface area contributed by atoms with E-state index in [0.29, 0.717) is 0 Å². The van der Waals surface area contributed by atoms with Crippen LogP contribution in [0.15, 0.2) is 48.5 Å². The maximum absolute atomic E-state index is 14.3. The summed E-state index contributed by atoms with van der Waals surface area (Å²) in [4.78, 5) is 2.36. The highest BCUT2D eigenvalue weighted by molar-refractivity contribution is 7.54. The van der Waals surface area contributed by atoms with Crippen LogP contribution in [0.4, 0.5) is 15.8 Å². The first-order valence-electron chi connectivity index (χ1n) is 10.3. The Morgan fingerprint density at radius 3 is 2.21 bits per heavy atom. The maximum atomic E-state index is 14.3. The van der Waals surface area contributed by atoms with Gasteiger partial charge in [0.25, 0.3) is 0 Å². The normalized spacial score (nSPS) is 15.9. The molecule has 1 saturated heterocycles. The number of nitrogens with zero attached hydrogens (tertiary/aromatic N) is 1. The first-order chi connectivity index (χ1) is 14.1. The molecule has 1 heterocycles. The van der Waals surface area contributed by atoms with Gasteiger partial charge in [-0.25, -0.2) is 4.39 Å². The fraction of sp³-hybridized carbons (Fsp3) is 0.455. The Balaban J connectivity index is 1.93. The lowest BCUT2D eigenvalue weighted by molar-refractivity contribution is 0.214. The van der Waals surface area contributed by atoms with E-state index in [-0.39, 0.29) is 18.9 Å². The number of rotatable bonds is 9. The van der Waals surface area contributed by atoms with E-state index < -0.39 is 19.2 Å². The predicted octanol–water partition coefficient (Wildman–Crippen LogP) is 6.19. The molecule has 5 nitrogen and oxygen atoms in total. The SMILES string of the molecule is CCOP(=O)(OCC)C(Nc1ccccc1F)c1ccc(N2CCCCC2)cc1. The van der Waals surface area contributed by atoms with Crippen molar-refractivity contribution in [3.63, 3.8) is 0 Å². The second-order valence-corrected chi connectivity index (χ2v) is 9.15. The highest BCUT2D eigenvalue weighted by Gasteiger charge is 2.37. The highest BCUT2D eigenvalue weighted by Crippen LogP contribution is 2.61. The van der Waals surface area contributed by atoms with Gasteiger partial charge in [-0.05, 0) is 62.9 Å². The summed E-state index contributed by atoms with van der Waals surface area (Å²) < 4.78 is 39.0. The average molecular weight is 420 g/mol. The molecule has 1 atom stereocenters. The van der Waals surface area contributed by atoms with E-state index in [0.717, 1.165) is 24.3 Å². The third-order valence-corrected chi connectivity index (χ3v) is 7.33. The van der Waals surface area contributed by atoms with Crippen LogP contribution in [-0.2, 0) is 13.6 Å². The van der Waals surface area contributed by atoms with Crippen LogP contribution in [0.3, 0.4) is 0 Å². The van der Waals surface area contributed by atoms with E-state index in [2.05, 4.69) is 10.2 Å². The Labute approximate surface area is 172 Å². The zero-order valence-corrected chi connectivity index (χ0v) is 18.0. The van der Waals surface area contributed by atoms with Gasteiger partial charge in [0.2, 0.25) is 0 Å². The molecule has 0 spiro atoms. The average Bonchev–Trinajstić information content (AvgIpc) is 2.74. The van der Waals surface area contributed by atoms with Crippen LogP contribution < -0.4 is 10.2 Å². The van der Waals surface area contributed by atoms with Crippen molar-refractivity contribution in [1.82, 2.24) is 0 Å².